The van der Waals surface area contributed by atoms with Gasteiger partial charge in [-0.3, -0.25) is 0 Å². The van der Waals surface area contributed by atoms with Crippen LogP contribution in [-0.4, -0.2) is 0 Å². The predicted molar refractivity (Wildman–Crippen MR) is 87.6 cm³/mol. The number of hydrogen-bond acceptors (Lipinski definition) is 0. The van der Waals surface area contributed by atoms with Crippen LogP contribution < -0.4 is 4.57 Å². The largest absolute Gasteiger partial charge is 0.200 e. The minimum Gasteiger partial charge on any atom is -0.200 e. The van der Waals surface area contributed by atoms with Crippen LogP contribution in [0.3, 0.4) is 0 Å². The first-order chi connectivity index (χ1) is 10.2. The van der Waals surface area contributed by atoms with Crippen molar-refractivity contribution in [3.63, 3.8) is 0 Å². The van der Waals surface area contributed by atoms with Gasteiger partial charge in [0.2, 0.25) is 0 Å². The first-order valence-corrected chi connectivity index (χ1v) is 7.46. The van der Waals surface area contributed by atoms with Gasteiger partial charge in [0.1, 0.15) is 0 Å². The van der Waals surface area contributed by atoms with Crippen molar-refractivity contribution in [2.24, 2.45) is 0 Å². The zero-order valence-electron chi connectivity index (χ0n) is 11.3. The van der Waals surface area contributed by atoms with Gasteiger partial charge < -0.3 is 0 Å². The molecule has 21 heavy (non-hydrogen) atoms. The second kappa shape index (κ2) is 6.30. The molecule has 104 valence electrons. The van der Waals surface area contributed by atoms with Crippen molar-refractivity contribution >= 4 is 23.2 Å². The Morgan fingerprint density at radius 1 is 0.810 bits per heavy atom. The van der Waals surface area contributed by atoms with Crippen LogP contribution in [0.4, 0.5) is 0 Å². The van der Waals surface area contributed by atoms with E-state index in [4.69, 9.17) is 23.2 Å². The second-order valence-electron chi connectivity index (χ2n) is 4.87. The normalized spacial score (nSPS) is 10.6. The molecule has 0 aliphatic heterocycles. The molecule has 0 unspecified atom stereocenters. The van der Waals surface area contributed by atoms with Crippen LogP contribution in [0, 0.1) is 0 Å². The molecule has 0 fully saturated rings. The molecule has 0 saturated heterocycles. The maximum atomic E-state index is 6.24. The molecule has 0 atom stereocenters. The van der Waals surface area contributed by atoms with Gasteiger partial charge in [0.15, 0.2) is 18.9 Å². The van der Waals surface area contributed by atoms with Gasteiger partial charge >= 0.3 is 0 Å². The van der Waals surface area contributed by atoms with E-state index in [0.29, 0.717) is 10.0 Å². The average Bonchev–Trinajstić information content (AvgIpc) is 2.51. The number of pyridine rings is 1. The lowest BCUT2D eigenvalue weighted by Gasteiger charge is -2.04. The number of halogens is 2. The molecule has 1 aromatic heterocycles. The Morgan fingerprint density at radius 2 is 1.57 bits per heavy atom. The van der Waals surface area contributed by atoms with E-state index in [2.05, 4.69) is 29.0 Å². The summed E-state index contributed by atoms with van der Waals surface area (Å²) in [7, 11) is 0. The molecule has 3 heteroatoms. The average molecular weight is 315 g/mol. The molecule has 1 nitrogen and oxygen atoms in total. The molecule has 0 aliphatic rings. The summed E-state index contributed by atoms with van der Waals surface area (Å²) in [6.07, 6.45) is 4.16. The standard InChI is InChI=1S/C18H14Cl2N/c19-17-9-8-16(18(20)11-17)13-21-10-4-7-15(12-21)14-5-2-1-3-6-14/h1-12H,13H2/q+1. The third-order valence-electron chi connectivity index (χ3n) is 3.33. The maximum absolute atomic E-state index is 6.24. The van der Waals surface area contributed by atoms with Crippen LogP contribution >= 0.6 is 23.2 Å². The summed E-state index contributed by atoms with van der Waals surface area (Å²) in [6.45, 7) is 0.719. The second-order valence-corrected chi connectivity index (χ2v) is 5.71. The summed E-state index contributed by atoms with van der Waals surface area (Å²) in [5.74, 6) is 0. The highest BCUT2D eigenvalue weighted by molar-refractivity contribution is 6.35. The lowest BCUT2D eigenvalue weighted by molar-refractivity contribution is -0.687. The van der Waals surface area contributed by atoms with Crippen LogP contribution in [0.5, 0.6) is 0 Å². The summed E-state index contributed by atoms with van der Waals surface area (Å²) in [5.41, 5.74) is 3.44. The van der Waals surface area contributed by atoms with Crippen molar-refractivity contribution < 1.29 is 4.57 Å². The van der Waals surface area contributed by atoms with Gasteiger partial charge in [-0.2, -0.15) is 0 Å². The van der Waals surface area contributed by atoms with Gasteiger partial charge in [0.05, 0.1) is 5.02 Å². The van der Waals surface area contributed by atoms with E-state index in [9.17, 15) is 0 Å². The Bertz CT molecular complexity index is 754. The minimum absolute atomic E-state index is 0.659. The molecule has 0 amide bonds. The quantitative estimate of drug-likeness (QED) is 0.599. The van der Waals surface area contributed by atoms with Gasteiger partial charge in [-0.25, -0.2) is 4.57 Å². The fourth-order valence-corrected chi connectivity index (χ4v) is 2.74. The minimum atomic E-state index is 0.659. The fourth-order valence-electron chi connectivity index (χ4n) is 2.27. The molecule has 0 bridgehead atoms. The zero-order chi connectivity index (χ0) is 14.7. The van der Waals surface area contributed by atoms with Crippen molar-refractivity contribution in [1.82, 2.24) is 0 Å². The topological polar surface area (TPSA) is 3.88 Å². The number of benzene rings is 2. The highest BCUT2D eigenvalue weighted by Crippen LogP contribution is 2.21. The molecule has 0 saturated carbocycles. The number of hydrogen-bond donors (Lipinski definition) is 0. The van der Waals surface area contributed by atoms with Crippen molar-refractivity contribution in [2.45, 2.75) is 6.54 Å². The molecule has 0 N–H and O–H groups in total. The fraction of sp³-hybridized carbons (Fsp3) is 0.0556. The molecule has 0 spiro atoms. The maximum Gasteiger partial charge on any atom is 0.176 e. The monoisotopic (exact) mass is 314 g/mol. The predicted octanol–water partition coefficient (Wildman–Crippen LogP) is 5.00. The lowest BCUT2D eigenvalue weighted by Crippen LogP contribution is -2.33. The Kier molecular flexibility index (Phi) is 4.23. The summed E-state index contributed by atoms with van der Waals surface area (Å²) < 4.78 is 2.12. The highest BCUT2D eigenvalue weighted by Gasteiger charge is 2.09. The third-order valence-corrected chi connectivity index (χ3v) is 3.92. The Labute approximate surface area is 134 Å². The van der Waals surface area contributed by atoms with Crippen LogP contribution in [0.15, 0.2) is 73.1 Å². The smallest absolute Gasteiger partial charge is 0.176 e. The zero-order valence-corrected chi connectivity index (χ0v) is 12.9. The molecule has 1 heterocycles. The van der Waals surface area contributed by atoms with E-state index in [1.807, 2.05) is 42.6 Å². The molecule has 3 rings (SSSR count). The first kappa shape index (κ1) is 14.1. The Hall–Kier alpha value is -1.83. The Balaban J connectivity index is 1.90. The number of aromatic nitrogens is 1. The molecule has 3 aromatic rings. The summed E-state index contributed by atoms with van der Waals surface area (Å²) in [5, 5.41) is 1.35. The van der Waals surface area contributed by atoms with Crippen molar-refractivity contribution in [2.75, 3.05) is 0 Å². The van der Waals surface area contributed by atoms with E-state index in [1.165, 1.54) is 11.1 Å². The van der Waals surface area contributed by atoms with Crippen molar-refractivity contribution in [1.29, 1.82) is 0 Å². The summed E-state index contributed by atoms with van der Waals surface area (Å²) in [4.78, 5) is 0. The van der Waals surface area contributed by atoms with Gasteiger partial charge in [-0.05, 0) is 29.8 Å². The SMILES string of the molecule is Clc1ccc(C[n+]2cccc(-c3ccccc3)c2)c(Cl)c1. The van der Waals surface area contributed by atoms with E-state index in [-0.39, 0.29) is 0 Å². The first-order valence-electron chi connectivity index (χ1n) is 6.71. The summed E-state index contributed by atoms with van der Waals surface area (Å²) in [6, 6.07) is 20.1. The van der Waals surface area contributed by atoms with Gasteiger partial charge in [-0.15, -0.1) is 0 Å². The molecular weight excluding hydrogens is 301 g/mol. The van der Waals surface area contributed by atoms with E-state index in [1.54, 1.807) is 6.07 Å². The molecule has 0 radical (unpaired) electrons. The van der Waals surface area contributed by atoms with Crippen molar-refractivity contribution in [3.05, 3.63) is 88.7 Å². The van der Waals surface area contributed by atoms with Crippen LogP contribution in [-0.2, 0) is 6.54 Å². The molecular formula is C18H14Cl2N+. The Morgan fingerprint density at radius 3 is 2.33 bits per heavy atom. The van der Waals surface area contributed by atoms with Crippen molar-refractivity contribution in [3.8, 4) is 11.1 Å². The summed E-state index contributed by atoms with van der Waals surface area (Å²) >= 11 is 12.2. The van der Waals surface area contributed by atoms with E-state index >= 15 is 0 Å². The number of rotatable bonds is 3. The van der Waals surface area contributed by atoms with E-state index < -0.39 is 0 Å². The van der Waals surface area contributed by atoms with Crippen LogP contribution in [0.25, 0.3) is 11.1 Å². The van der Waals surface area contributed by atoms with Crippen LogP contribution in [0.2, 0.25) is 10.0 Å². The highest BCUT2D eigenvalue weighted by atomic mass is 35.5. The molecule has 0 aliphatic carbocycles. The van der Waals surface area contributed by atoms with Gasteiger partial charge in [0.25, 0.3) is 0 Å². The van der Waals surface area contributed by atoms with Gasteiger partial charge in [-0.1, -0.05) is 53.5 Å². The third kappa shape index (κ3) is 3.44. The molecule has 2 aromatic carbocycles. The van der Waals surface area contributed by atoms with E-state index in [0.717, 1.165) is 12.1 Å². The number of nitrogens with zero attached hydrogens (tertiary/aromatic N) is 1. The lowest BCUT2D eigenvalue weighted by atomic mass is 10.1. The van der Waals surface area contributed by atoms with Gasteiger partial charge in [0, 0.05) is 22.2 Å². The van der Waals surface area contributed by atoms with Crippen LogP contribution in [0.1, 0.15) is 5.56 Å².